The van der Waals surface area contributed by atoms with Crippen molar-refractivity contribution in [1.29, 1.82) is 0 Å². The lowest BCUT2D eigenvalue weighted by atomic mass is 10.1. The maximum Gasteiger partial charge on any atom is 0.287 e. The Morgan fingerprint density at radius 3 is 2.95 bits per heavy atom. The van der Waals surface area contributed by atoms with Crippen LogP contribution in [0.4, 0.5) is 0 Å². The number of carbonyl (C=O) groups is 1. The summed E-state index contributed by atoms with van der Waals surface area (Å²) in [6.45, 7) is 4.10. The van der Waals surface area contributed by atoms with Crippen molar-refractivity contribution in [2.75, 3.05) is 19.8 Å². The van der Waals surface area contributed by atoms with E-state index in [1.54, 1.807) is 0 Å². The van der Waals surface area contributed by atoms with Crippen LogP contribution in [-0.2, 0) is 4.74 Å². The van der Waals surface area contributed by atoms with E-state index < -0.39 is 0 Å². The molecule has 4 heteroatoms. The molecule has 0 atom stereocenters. The SMILES string of the molecule is Cc1c(C(=O)NCCCOCC2CC2)oc2ccccc12. The maximum atomic E-state index is 12.1. The molecule has 112 valence electrons. The number of nitrogens with one attached hydrogen (secondary N) is 1. The molecule has 1 aromatic heterocycles. The number of hydrogen-bond donors (Lipinski definition) is 1. The van der Waals surface area contributed by atoms with Crippen molar-refractivity contribution in [3.8, 4) is 0 Å². The van der Waals surface area contributed by atoms with Crippen molar-refractivity contribution >= 4 is 16.9 Å². The summed E-state index contributed by atoms with van der Waals surface area (Å²) in [5, 5.41) is 3.89. The van der Waals surface area contributed by atoms with Gasteiger partial charge in [-0.2, -0.15) is 0 Å². The second-order valence-corrected chi connectivity index (χ2v) is 5.68. The normalized spacial score (nSPS) is 14.5. The van der Waals surface area contributed by atoms with Gasteiger partial charge in [-0.1, -0.05) is 18.2 Å². The van der Waals surface area contributed by atoms with Crippen LogP contribution in [0.1, 0.15) is 35.4 Å². The van der Waals surface area contributed by atoms with Crippen LogP contribution in [0, 0.1) is 12.8 Å². The number of hydrogen-bond acceptors (Lipinski definition) is 3. The molecule has 0 saturated heterocycles. The van der Waals surface area contributed by atoms with E-state index in [-0.39, 0.29) is 5.91 Å². The lowest BCUT2D eigenvalue weighted by Gasteiger charge is -2.05. The molecule has 3 rings (SSSR count). The summed E-state index contributed by atoms with van der Waals surface area (Å²) in [7, 11) is 0. The van der Waals surface area contributed by atoms with Crippen molar-refractivity contribution in [2.24, 2.45) is 5.92 Å². The number of furan rings is 1. The van der Waals surface area contributed by atoms with E-state index >= 15 is 0 Å². The molecule has 1 saturated carbocycles. The summed E-state index contributed by atoms with van der Waals surface area (Å²) >= 11 is 0. The number of rotatable bonds is 7. The summed E-state index contributed by atoms with van der Waals surface area (Å²) < 4.78 is 11.2. The molecular weight excluding hydrogens is 266 g/mol. The minimum atomic E-state index is -0.147. The first-order valence-electron chi connectivity index (χ1n) is 7.60. The van der Waals surface area contributed by atoms with Crippen molar-refractivity contribution in [1.82, 2.24) is 5.32 Å². The summed E-state index contributed by atoms with van der Waals surface area (Å²) in [5.74, 6) is 1.05. The van der Waals surface area contributed by atoms with Crippen LogP contribution in [0.15, 0.2) is 28.7 Å². The molecule has 4 nitrogen and oxygen atoms in total. The number of amides is 1. The molecule has 0 radical (unpaired) electrons. The zero-order valence-corrected chi connectivity index (χ0v) is 12.4. The number of benzene rings is 1. The number of aryl methyl sites for hydroxylation is 1. The van der Waals surface area contributed by atoms with Gasteiger partial charge in [-0.25, -0.2) is 0 Å². The average molecular weight is 287 g/mol. The highest BCUT2D eigenvalue weighted by Crippen LogP contribution is 2.28. The lowest BCUT2D eigenvalue weighted by molar-refractivity contribution is 0.0912. The fourth-order valence-electron chi connectivity index (χ4n) is 2.38. The topological polar surface area (TPSA) is 51.5 Å². The molecule has 1 amide bonds. The average Bonchev–Trinajstić information content (AvgIpc) is 3.26. The Morgan fingerprint density at radius 1 is 1.38 bits per heavy atom. The molecule has 0 bridgehead atoms. The van der Waals surface area contributed by atoms with Gasteiger partial charge >= 0.3 is 0 Å². The Hall–Kier alpha value is -1.81. The number of para-hydroxylation sites is 1. The maximum absolute atomic E-state index is 12.1. The van der Waals surface area contributed by atoms with Gasteiger partial charge in [0.25, 0.3) is 5.91 Å². The fourth-order valence-corrected chi connectivity index (χ4v) is 2.38. The van der Waals surface area contributed by atoms with Crippen LogP contribution in [-0.4, -0.2) is 25.7 Å². The van der Waals surface area contributed by atoms with Gasteiger partial charge in [0.2, 0.25) is 0 Å². The van der Waals surface area contributed by atoms with E-state index in [9.17, 15) is 4.79 Å². The molecule has 21 heavy (non-hydrogen) atoms. The van der Waals surface area contributed by atoms with Crippen molar-refractivity contribution < 1.29 is 13.9 Å². The third-order valence-electron chi connectivity index (χ3n) is 3.85. The van der Waals surface area contributed by atoms with Crippen LogP contribution < -0.4 is 5.32 Å². The molecule has 1 aliphatic carbocycles. The lowest BCUT2D eigenvalue weighted by Crippen LogP contribution is -2.25. The van der Waals surface area contributed by atoms with Crippen LogP contribution in [0.3, 0.4) is 0 Å². The summed E-state index contributed by atoms with van der Waals surface area (Å²) in [4.78, 5) is 12.1. The highest BCUT2D eigenvalue weighted by Gasteiger charge is 2.21. The molecule has 1 aliphatic rings. The summed E-state index contributed by atoms with van der Waals surface area (Å²) in [6, 6.07) is 7.70. The second-order valence-electron chi connectivity index (χ2n) is 5.68. The van der Waals surface area contributed by atoms with Crippen molar-refractivity contribution in [3.63, 3.8) is 0 Å². The minimum Gasteiger partial charge on any atom is -0.451 e. The van der Waals surface area contributed by atoms with E-state index in [0.29, 0.717) is 18.9 Å². The number of ether oxygens (including phenoxy) is 1. The first-order valence-corrected chi connectivity index (χ1v) is 7.60. The van der Waals surface area contributed by atoms with Crippen molar-refractivity contribution in [3.05, 3.63) is 35.6 Å². The van der Waals surface area contributed by atoms with Gasteiger partial charge < -0.3 is 14.5 Å². The Kier molecular flexibility index (Phi) is 4.25. The van der Waals surface area contributed by atoms with Gasteiger partial charge in [0.15, 0.2) is 5.76 Å². The van der Waals surface area contributed by atoms with Crippen molar-refractivity contribution in [2.45, 2.75) is 26.2 Å². The second kappa shape index (κ2) is 6.31. The number of carbonyl (C=O) groups excluding carboxylic acids is 1. The van der Waals surface area contributed by atoms with Crippen LogP contribution >= 0.6 is 0 Å². The van der Waals surface area contributed by atoms with Gasteiger partial charge in [-0.3, -0.25) is 4.79 Å². The molecule has 1 aromatic carbocycles. The van der Waals surface area contributed by atoms with Crippen LogP contribution in [0.25, 0.3) is 11.0 Å². The fraction of sp³-hybridized carbons (Fsp3) is 0.471. The van der Waals surface area contributed by atoms with Gasteiger partial charge in [0.05, 0.1) is 0 Å². The zero-order valence-electron chi connectivity index (χ0n) is 12.4. The van der Waals surface area contributed by atoms with Crippen LogP contribution in [0.5, 0.6) is 0 Å². The monoisotopic (exact) mass is 287 g/mol. The van der Waals surface area contributed by atoms with E-state index in [4.69, 9.17) is 9.15 Å². The predicted octanol–water partition coefficient (Wildman–Crippen LogP) is 3.29. The van der Waals surface area contributed by atoms with E-state index in [1.165, 1.54) is 12.8 Å². The molecule has 0 unspecified atom stereocenters. The Bertz CT molecular complexity index is 628. The first-order chi connectivity index (χ1) is 10.3. The first kappa shape index (κ1) is 14.1. The van der Waals surface area contributed by atoms with Gasteiger partial charge in [0.1, 0.15) is 5.58 Å². The standard InChI is InChI=1S/C17H21NO3/c1-12-14-5-2-3-6-15(14)21-16(12)17(19)18-9-4-10-20-11-13-7-8-13/h2-3,5-6,13H,4,7-11H2,1H3,(H,18,19). The zero-order chi connectivity index (χ0) is 14.7. The molecule has 1 N–H and O–H groups in total. The third-order valence-corrected chi connectivity index (χ3v) is 3.85. The molecular formula is C17H21NO3. The van der Waals surface area contributed by atoms with E-state index in [2.05, 4.69) is 5.32 Å². The Labute approximate surface area is 124 Å². The minimum absolute atomic E-state index is 0.147. The highest BCUT2D eigenvalue weighted by atomic mass is 16.5. The highest BCUT2D eigenvalue weighted by molar-refractivity contribution is 5.98. The molecule has 1 fully saturated rings. The summed E-state index contributed by atoms with van der Waals surface area (Å²) in [6.07, 6.45) is 3.45. The van der Waals surface area contributed by atoms with E-state index in [1.807, 2.05) is 31.2 Å². The molecule has 0 aliphatic heterocycles. The molecule has 1 heterocycles. The van der Waals surface area contributed by atoms with Crippen LogP contribution in [0.2, 0.25) is 0 Å². The largest absolute Gasteiger partial charge is 0.451 e. The molecule has 0 spiro atoms. The van der Waals surface area contributed by atoms with Gasteiger partial charge in [-0.05, 0) is 38.2 Å². The summed E-state index contributed by atoms with van der Waals surface area (Å²) in [5.41, 5.74) is 1.65. The van der Waals surface area contributed by atoms with E-state index in [0.717, 1.165) is 35.5 Å². The number of fused-ring (bicyclic) bond motifs is 1. The smallest absolute Gasteiger partial charge is 0.287 e. The Morgan fingerprint density at radius 2 is 2.19 bits per heavy atom. The third kappa shape index (κ3) is 3.45. The van der Waals surface area contributed by atoms with Gasteiger partial charge in [-0.15, -0.1) is 0 Å². The Balaban J connectivity index is 1.48. The quantitative estimate of drug-likeness (QED) is 0.795. The van der Waals surface area contributed by atoms with Gasteiger partial charge in [0, 0.05) is 30.7 Å². The predicted molar refractivity (Wildman–Crippen MR) is 81.4 cm³/mol. The molecule has 2 aromatic rings.